The number of carbonyl (C=O) groups is 2. The second-order valence-electron chi connectivity index (χ2n) is 6.78. The van der Waals surface area contributed by atoms with Crippen LogP contribution in [0.2, 0.25) is 0 Å². The standard InChI is InChI=1S/C18H21N3O4S/c1-18(2,3)20-17(23)13-4-8-14(9-5-13)21-26(24,25)15-10-6-12(7-11-15)16(19)22/h4-11,21H,1-3H3,(H2,19,22)(H,20,23). The summed E-state index contributed by atoms with van der Waals surface area (Å²) in [5.74, 6) is -0.875. The first-order valence-electron chi connectivity index (χ1n) is 7.83. The molecule has 26 heavy (non-hydrogen) atoms. The summed E-state index contributed by atoms with van der Waals surface area (Å²) in [4.78, 5) is 23.1. The van der Waals surface area contributed by atoms with Gasteiger partial charge in [0.05, 0.1) is 4.90 Å². The molecular weight excluding hydrogens is 354 g/mol. The lowest BCUT2D eigenvalue weighted by molar-refractivity contribution is 0.0918. The van der Waals surface area contributed by atoms with Gasteiger partial charge in [-0.15, -0.1) is 0 Å². The molecule has 0 aliphatic rings. The Morgan fingerprint density at radius 2 is 1.38 bits per heavy atom. The number of primary amides is 1. The maximum Gasteiger partial charge on any atom is 0.261 e. The Kier molecular flexibility index (Phi) is 5.36. The van der Waals surface area contributed by atoms with Crippen molar-refractivity contribution in [3.63, 3.8) is 0 Å². The predicted octanol–water partition coefficient (Wildman–Crippen LogP) is 2.11. The maximum absolute atomic E-state index is 12.4. The molecule has 2 aromatic rings. The highest BCUT2D eigenvalue weighted by Gasteiger charge is 2.17. The van der Waals surface area contributed by atoms with E-state index in [9.17, 15) is 18.0 Å². The van der Waals surface area contributed by atoms with Gasteiger partial charge in [-0.1, -0.05) is 0 Å². The minimum Gasteiger partial charge on any atom is -0.366 e. The summed E-state index contributed by atoms with van der Waals surface area (Å²) in [5.41, 5.74) is 5.73. The van der Waals surface area contributed by atoms with Crippen molar-refractivity contribution in [3.05, 3.63) is 59.7 Å². The summed E-state index contributed by atoms with van der Waals surface area (Å²) < 4.78 is 27.2. The van der Waals surface area contributed by atoms with E-state index < -0.39 is 15.9 Å². The number of hydrogen-bond acceptors (Lipinski definition) is 4. The fraction of sp³-hybridized carbons (Fsp3) is 0.222. The summed E-state index contributed by atoms with van der Waals surface area (Å²) in [6, 6.07) is 11.4. The normalized spacial score (nSPS) is 11.7. The van der Waals surface area contributed by atoms with Crippen LogP contribution < -0.4 is 15.8 Å². The molecule has 0 aliphatic carbocycles. The van der Waals surface area contributed by atoms with Crippen LogP contribution in [0.15, 0.2) is 53.4 Å². The number of rotatable bonds is 5. The summed E-state index contributed by atoms with van der Waals surface area (Å²) in [5, 5.41) is 2.83. The van der Waals surface area contributed by atoms with E-state index in [1.165, 1.54) is 48.5 Å². The Labute approximate surface area is 152 Å². The Bertz CT molecular complexity index is 912. The minimum absolute atomic E-state index is 0.00273. The van der Waals surface area contributed by atoms with E-state index in [2.05, 4.69) is 10.0 Å². The van der Waals surface area contributed by atoms with Crippen LogP contribution in [0, 0.1) is 0 Å². The first kappa shape index (κ1) is 19.5. The smallest absolute Gasteiger partial charge is 0.261 e. The van der Waals surface area contributed by atoms with Gasteiger partial charge in [-0.3, -0.25) is 14.3 Å². The molecule has 0 saturated heterocycles. The van der Waals surface area contributed by atoms with Gasteiger partial charge >= 0.3 is 0 Å². The van der Waals surface area contributed by atoms with E-state index in [1.54, 1.807) is 0 Å². The lowest BCUT2D eigenvalue weighted by Crippen LogP contribution is -2.40. The van der Waals surface area contributed by atoms with Gasteiger partial charge in [0.2, 0.25) is 5.91 Å². The van der Waals surface area contributed by atoms with Crippen LogP contribution in [0.3, 0.4) is 0 Å². The van der Waals surface area contributed by atoms with Gasteiger partial charge in [0.25, 0.3) is 15.9 Å². The molecule has 0 radical (unpaired) electrons. The van der Waals surface area contributed by atoms with Gasteiger partial charge in [0.1, 0.15) is 0 Å². The van der Waals surface area contributed by atoms with Crippen molar-refractivity contribution in [3.8, 4) is 0 Å². The van der Waals surface area contributed by atoms with E-state index in [0.29, 0.717) is 11.3 Å². The molecule has 0 heterocycles. The zero-order valence-electron chi connectivity index (χ0n) is 14.7. The van der Waals surface area contributed by atoms with Gasteiger partial charge in [-0.05, 0) is 69.3 Å². The maximum atomic E-state index is 12.4. The highest BCUT2D eigenvalue weighted by atomic mass is 32.2. The van der Waals surface area contributed by atoms with Crippen LogP contribution in [0.5, 0.6) is 0 Å². The largest absolute Gasteiger partial charge is 0.366 e. The minimum atomic E-state index is -3.82. The number of benzene rings is 2. The molecule has 0 saturated carbocycles. The molecule has 0 spiro atoms. The van der Waals surface area contributed by atoms with Crippen LogP contribution in [-0.2, 0) is 10.0 Å². The summed E-state index contributed by atoms with van der Waals surface area (Å²) in [7, 11) is -3.82. The first-order valence-corrected chi connectivity index (χ1v) is 9.31. The third-order valence-corrected chi connectivity index (χ3v) is 4.73. The molecule has 0 aromatic heterocycles. The number of carbonyl (C=O) groups excluding carboxylic acids is 2. The predicted molar refractivity (Wildman–Crippen MR) is 99.4 cm³/mol. The van der Waals surface area contributed by atoms with Crippen molar-refractivity contribution >= 4 is 27.5 Å². The number of anilines is 1. The molecular formula is C18H21N3O4S. The summed E-state index contributed by atoms with van der Waals surface area (Å²) >= 11 is 0. The van der Waals surface area contributed by atoms with Crippen LogP contribution in [0.25, 0.3) is 0 Å². The molecule has 8 heteroatoms. The molecule has 0 bridgehead atoms. The van der Waals surface area contributed by atoms with E-state index in [0.717, 1.165) is 0 Å². The van der Waals surface area contributed by atoms with Crippen molar-refractivity contribution in [1.82, 2.24) is 5.32 Å². The van der Waals surface area contributed by atoms with Gasteiger partial charge in [-0.25, -0.2) is 8.42 Å². The molecule has 0 aliphatic heterocycles. The van der Waals surface area contributed by atoms with Crippen molar-refractivity contribution < 1.29 is 18.0 Å². The Hall–Kier alpha value is -2.87. The number of nitrogens with two attached hydrogens (primary N) is 1. The number of amides is 2. The van der Waals surface area contributed by atoms with Gasteiger partial charge in [0, 0.05) is 22.4 Å². The lowest BCUT2D eigenvalue weighted by atomic mass is 10.1. The highest BCUT2D eigenvalue weighted by molar-refractivity contribution is 7.92. The monoisotopic (exact) mass is 375 g/mol. The molecule has 0 atom stereocenters. The SMILES string of the molecule is CC(C)(C)NC(=O)c1ccc(NS(=O)(=O)c2ccc(C(N)=O)cc2)cc1. The zero-order chi connectivity index (χ0) is 19.5. The number of nitrogens with one attached hydrogen (secondary N) is 2. The topological polar surface area (TPSA) is 118 Å². The van der Waals surface area contributed by atoms with Crippen molar-refractivity contribution in [1.29, 1.82) is 0 Å². The number of hydrogen-bond donors (Lipinski definition) is 3. The summed E-state index contributed by atoms with van der Waals surface area (Å²) in [6.45, 7) is 5.62. The Morgan fingerprint density at radius 1 is 0.885 bits per heavy atom. The average molecular weight is 375 g/mol. The van der Waals surface area contributed by atoms with E-state index in [-0.39, 0.29) is 21.9 Å². The highest BCUT2D eigenvalue weighted by Crippen LogP contribution is 2.17. The van der Waals surface area contributed by atoms with E-state index in [1.807, 2.05) is 20.8 Å². The van der Waals surface area contributed by atoms with Crippen molar-refractivity contribution in [2.24, 2.45) is 5.73 Å². The van der Waals surface area contributed by atoms with Crippen molar-refractivity contribution in [2.75, 3.05) is 4.72 Å². The van der Waals surface area contributed by atoms with Crippen molar-refractivity contribution in [2.45, 2.75) is 31.2 Å². The van der Waals surface area contributed by atoms with Crippen LogP contribution in [0.1, 0.15) is 41.5 Å². The molecule has 2 aromatic carbocycles. The third kappa shape index (κ3) is 5.06. The zero-order valence-corrected chi connectivity index (χ0v) is 15.6. The Balaban J connectivity index is 2.14. The second-order valence-corrected chi connectivity index (χ2v) is 8.46. The molecule has 2 amide bonds. The quantitative estimate of drug-likeness (QED) is 0.741. The average Bonchev–Trinajstić information content (AvgIpc) is 2.53. The van der Waals surface area contributed by atoms with Gasteiger partial charge in [0.15, 0.2) is 0 Å². The molecule has 138 valence electrons. The van der Waals surface area contributed by atoms with Gasteiger partial charge in [-0.2, -0.15) is 0 Å². The first-order chi connectivity index (χ1) is 12.0. The third-order valence-electron chi connectivity index (χ3n) is 3.34. The van der Waals surface area contributed by atoms with E-state index >= 15 is 0 Å². The molecule has 2 rings (SSSR count). The molecule has 0 fully saturated rings. The van der Waals surface area contributed by atoms with Crippen LogP contribution in [-0.4, -0.2) is 25.8 Å². The summed E-state index contributed by atoms with van der Waals surface area (Å²) in [6.07, 6.45) is 0. The Morgan fingerprint density at radius 3 is 1.85 bits per heavy atom. The second kappa shape index (κ2) is 7.17. The lowest BCUT2D eigenvalue weighted by Gasteiger charge is -2.20. The van der Waals surface area contributed by atoms with Crippen LogP contribution >= 0.6 is 0 Å². The fourth-order valence-electron chi connectivity index (χ4n) is 2.11. The van der Waals surface area contributed by atoms with Gasteiger partial charge < -0.3 is 11.1 Å². The molecule has 7 nitrogen and oxygen atoms in total. The number of sulfonamides is 1. The molecule has 0 unspecified atom stereocenters. The van der Waals surface area contributed by atoms with Crippen LogP contribution in [0.4, 0.5) is 5.69 Å². The molecule has 4 N–H and O–H groups in total. The van der Waals surface area contributed by atoms with E-state index in [4.69, 9.17) is 5.73 Å². The fourth-order valence-corrected chi connectivity index (χ4v) is 3.17.